The van der Waals surface area contributed by atoms with Crippen molar-refractivity contribution in [3.05, 3.63) is 28.0 Å². The summed E-state index contributed by atoms with van der Waals surface area (Å²) >= 11 is 3.08. The highest BCUT2D eigenvalue weighted by Gasteiger charge is 2.23. The fourth-order valence-electron chi connectivity index (χ4n) is 1.21. The van der Waals surface area contributed by atoms with Crippen molar-refractivity contribution in [1.29, 1.82) is 0 Å². The summed E-state index contributed by atoms with van der Waals surface area (Å²) in [5, 5.41) is 10.6. The van der Waals surface area contributed by atoms with Crippen LogP contribution in [0.25, 0.3) is 0 Å². The van der Waals surface area contributed by atoms with Crippen molar-refractivity contribution in [2.24, 2.45) is 0 Å². The Labute approximate surface area is 114 Å². The molecule has 0 saturated carbocycles. The van der Waals surface area contributed by atoms with Gasteiger partial charge in [-0.25, -0.2) is 4.39 Å². The predicted octanol–water partition coefficient (Wildman–Crippen LogP) is 2.84. The lowest BCUT2D eigenvalue weighted by molar-refractivity contribution is -0.146. The number of hydrogen-bond donors (Lipinski definition) is 2. The Morgan fingerprint density at radius 1 is 1.50 bits per heavy atom. The molecule has 0 aliphatic rings. The van der Waals surface area contributed by atoms with Crippen molar-refractivity contribution in [3.63, 3.8) is 0 Å². The number of nitrogen functional groups attached to an aromatic ring is 1. The van der Waals surface area contributed by atoms with Gasteiger partial charge in [0.15, 0.2) is 5.78 Å². The predicted molar refractivity (Wildman–Crippen MR) is 71.1 cm³/mol. The molecule has 0 heterocycles. The number of hydroxylamine groups is 2. The number of benzene rings is 1. The summed E-state index contributed by atoms with van der Waals surface area (Å²) in [6.45, 7) is 5.08. The van der Waals surface area contributed by atoms with Crippen LogP contribution in [0.4, 0.5) is 10.1 Å². The molecule has 18 heavy (non-hydrogen) atoms. The molecule has 1 rings (SSSR count). The summed E-state index contributed by atoms with van der Waals surface area (Å²) in [7, 11) is 0. The van der Waals surface area contributed by atoms with Crippen LogP contribution in [0.1, 0.15) is 31.1 Å². The van der Waals surface area contributed by atoms with Gasteiger partial charge in [0.1, 0.15) is 5.82 Å². The molecule has 4 nitrogen and oxygen atoms in total. The molecule has 0 aromatic heterocycles. The second-order valence-electron chi connectivity index (χ2n) is 5.01. The molecule has 0 atom stereocenters. The van der Waals surface area contributed by atoms with Crippen LogP contribution in [0.15, 0.2) is 16.6 Å². The van der Waals surface area contributed by atoms with Crippen LogP contribution in [-0.4, -0.2) is 28.1 Å². The summed E-state index contributed by atoms with van der Waals surface area (Å²) in [6, 6.07) is 2.51. The third kappa shape index (κ3) is 3.51. The molecule has 0 aliphatic heterocycles. The van der Waals surface area contributed by atoms with Gasteiger partial charge < -0.3 is 10.9 Å². The van der Waals surface area contributed by atoms with Crippen LogP contribution in [-0.2, 0) is 0 Å². The van der Waals surface area contributed by atoms with Crippen LogP contribution >= 0.6 is 15.9 Å². The van der Waals surface area contributed by atoms with Gasteiger partial charge in [0.2, 0.25) is 0 Å². The first-order valence-electron chi connectivity index (χ1n) is 5.37. The number of carbonyl (C=O) groups excluding carboxylic acids is 1. The Hall–Kier alpha value is -0.980. The highest BCUT2D eigenvalue weighted by molar-refractivity contribution is 9.10. The Bertz CT molecular complexity index is 449. The van der Waals surface area contributed by atoms with Crippen molar-refractivity contribution in [1.82, 2.24) is 5.06 Å². The van der Waals surface area contributed by atoms with E-state index in [1.807, 2.05) is 0 Å². The van der Waals surface area contributed by atoms with Crippen LogP contribution in [0.2, 0.25) is 0 Å². The number of hydrogen-bond acceptors (Lipinski definition) is 4. The zero-order chi connectivity index (χ0) is 14.1. The summed E-state index contributed by atoms with van der Waals surface area (Å²) in [6.07, 6.45) is 0. The molecule has 1 aromatic carbocycles. The lowest BCUT2D eigenvalue weighted by Crippen LogP contribution is -2.41. The minimum Gasteiger partial charge on any atom is -0.395 e. The molecule has 1 aromatic rings. The van der Waals surface area contributed by atoms with Crippen molar-refractivity contribution >= 4 is 27.4 Å². The van der Waals surface area contributed by atoms with E-state index in [0.29, 0.717) is 4.47 Å². The lowest BCUT2D eigenvalue weighted by atomic mass is 10.1. The molecule has 100 valence electrons. The monoisotopic (exact) mass is 318 g/mol. The maximum atomic E-state index is 13.4. The van der Waals surface area contributed by atoms with Gasteiger partial charge in [0.05, 0.1) is 12.2 Å². The normalized spacial score (nSPS) is 11.9. The maximum Gasteiger partial charge on any atom is 0.179 e. The standard InChI is InChI=1S/C12H16BrFN2O2/c1-12(2,3)16(18)6-10(17)7-4-8(13)11(15)9(14)5-7/h4-5,18H,6,15H2,1-3H3. The Kier molecular flexibility index (Phi) is 4.47. The molecule has 6 heteroatoms. The number of carbonyl (C=O) groups is 1. The van der Waals surface area contributed by atoms with Gasteiger partial charge in [0, 0.05) is 15.6 Å². The third-order valence-electron chi connectivity index (χ3n) is 2.47. The highest BCUT2D eigenvalue weighted by atomic mass is 79.9. The van der Waals surface area contributed by atoms with Crippen LogP contribution < -0.4 is 5.73 Å². The largest absolute Gasteiger partial charge is 0.395 e. The molecular weight excluding hydrogens is 303 g/mol. The van der Waals surface area contributed by atoms with E-state index in [1.165, 1.54) is 6.07 Å². The van der Waals surface area contributed by atoms with E-state index in [2.05, 4.69) is 15.9 Å². The zero-order valence-corrected chi connectivity index (χ0v) is 12.1. The first kappa shape index (κ1) is 15.1. The number of nitrogens with two attached hydrogens (primary N) is 1. The lowest BCUT2D eigenvalue weighted by Gasteiger charge is -2.28. The van der Waals surface area contributed by atoms with Gasteiger partial charge in [-0.3, -0.25) is 4.79 Å². The molecule has 0 radical (unpaired) electrons. The van der Waals surface area contributed by atoms with Crippen molar-refractivity contribution in [2.45, 2.75) is 26.3 Å². The Morgan fingerprint density at radius 2 is 2.06 bits per heavy atom. The maximum absolute atomic E-state index is 13.4. The van der Waals surface area contributed by atoms with Crippen molar-refractivity contribution in [2.75, 3.05) is 12.3 Å². The SMILES string of the molecule is CC(C)(C)N(O)CC(=O)c1cc(F)c(N)c(Br)c1. The number of rotatable bonds is 3. The number of nitrogens with zero attached hydrogens (tertiary/aromatic N) is 1. The summed E-state index contributed by atoms with van der Waals surface area (Å²) in [5.41, 5.74) is 5.00. The van der Waals surface area contributed by atoms with Gasteiger partial charge in [-0.2, -0.15) is 5.06 Å². The van der Waals surface area contributed by atoms with Crippen LogP contribution in [0, 0.1) is 5.82 Å². The molecule has 0 saturated heterocycles. The van der Waals surface area contributed by atoms with Gasteiger partial charge in [-0.1, -0.05) is 0 Å². The minimum atomic E-state index is -0.659. The molecule has 0 fully saturated rings. The highest BCUT2D eigenvalue weighted by Crippen LogP contribution is 2.24. The van der Waals surface area contributed by atoms with E-state index < -0.39 is 11.4 Å². The first-order chi connectivity index (χ1) is 8.12. The summed E-state index contributed by atoms with van der Waals surface area (Å²) in [4.78, 5) is 11.9. The molecule has 0 aliphatic carbocycles. The second kappa shape index (κ2) is 5.34. The number of halogens is 2. The van der Waals surface area contributed by atoms with E-state index in [-0.39, 0.29) is 23.6 Å². The average Bonchev–Trinajstić information content (AvgIpc) is 2.23. The smallest absolute Gasteiger partial charge is 0.179 e. The van der Waals surface area contributed by atoms with Crippen LogP contribution in [0.3, 0.4) is 0 Å². The van der Waals surface area contributed by atoms with E-state index in [4.69, 9.17) is 5.73 Å². The Balaban J connectivity index is 2.92. The van der Waals surface area contributed by atoms with E-state index in [1.54, 1.807) is 20.8 Å². The quantitative estimate of drug-likeness (QED) is 0.511. The zero-order valence-electron chi connectivity index (χ0n) is 10.5. The summed E-state index contributed by atoms with van der Waals surface area (Å²) < 4.78 is 13.7. The van der Waals surface area contributed by atoms with Gasteiger partial charge in [0.25, 0.3) is 0 Å². The molecule has 0 spiro atoms. The van der Waals surface area contributed by atoms with Gasteiger partial charge in [-0.05, 0) is 48.8 Å². The molecule has 0 amide bonds. The van der Waals surface area contributed by atoms with E-state index in [0.717, 1.165) is 11.1 Å². The summed E-state index contributed by atoms with van der Waals surface area (Å²) in [5.74, 6) is -1.04. The average molecular weight is 319 g/mol. The second-order valence-corrected chi connectivity index (χ2v) is 5.86. The number of ketones is 1. The van der Waals surface area contributed by atoms with Crippen LogP contribution in [0.5, 0.6) is 0 Å². The number of Topliss-reactive ketones (excluding diaryl/α,β-unsaturated/α-hetero) is 1. The fraction of sp³-hybridized carbons (Fsp3) is 0.417. The third-order valence-corrected chi connectivity index (χ3v) is 3.12. The van der Waals surface area contributed by atoms with Crippen molar-refractivity contribution < 1.29 is 14.4 Å². The van der Waals surface area contributed by atoms with E-state index >= 15 is 0 Å². The molecule has 0 unspecified atom stereocenters. The topological polar surface area (TPSA) is 66.6 Å². The Morgan fingerprint density at radius 3 is 2.50 bits per heavy atom. The van der Waals surface area contributed by atoms with E-state index in [9.17, 15) is 14.4 Å². The minimum absolute atomic E-state index is 0.0387. The molecule has 0 bridgehead atoms. The van der Waals surface area contributed by atoms with Gasteiger partial charge >= 0.3 is 0 Å². The fourth-order valence-corrected chi connectivity index (χ4v) is 1.65. The van der Waals surface area contributed by atoms with Gasteiger partial charge in [-0.15, -0.1) is 0 Å². The molecule has 3 N–H and O–H groups in total. The van der Waals surface area contributed by atoms with Crippen molar-refractivity contribution in [3.8, 4) is 0 Å². The molecular formula is C12H16BrFN2O2. The number of anilines is 1. The first-order valence-corrected chi connectivity index (χ1v) is 6.16.